The molecule has 0 unspecified atom stereocenters. The first-order valence-corrected chi connectivity index (χ1v) is 13.2. The molecule has 0 radical (unpaired) electrons. The second-order valence-corrected chi connectivity index (χ2v) is 11.2. The molecule has 1 aromatic rings. The molecule has 200 valence electrons. The number of hydrogen-bond acceptors (Lipinski definition) is 6. The number of aliphatic imine (C=N–C) groups is 2. The average molecular weight is 525 g/mol. The van der Waals surface area contributed by atoms with Gasteiger partial charge in [0, 0.05) is 36.7 Å². The topological polar surface area (TPSA) is 101 Å². The number of benzene rings is 1. The molecule has 2 aliphatic rings. The maximum Gasteiger partial charge on any atom is 0.136 e. The third kappa shape index (κ3) is 9.18. The first-order chi connectivity index (χ1) is 17.5. The summed E-state index contributed by atoms with van der Waals surface area (Å²) in [5.74, 6) is 1.61. The van der Waals surface area contributed by atoms with Crippen molar-refractivity contribution in [2.45, 2.75) is 65.1 Å². The van der Waals surface area contributed by atoms with Crippen molar-refractivity contribution in [2.75, 3.05) is 19.6 Å². The quantitative estimate of drug-likeness (QED) is 0.424. The van der Waals surface area contributed by atoms with Gasteiger partial charge in [-0.3, -0.25) is 4.90 Å². The van der Waals surface area contributed by atoms with Crippen molar-refractivity contribution in [2.24, 2.45) is 21.5 Å². The smallest absolute Gasteiger partial charge is 0.136 e. The van der Waals surface area contributed by atoms with E-state index in [0.717, 1.165) is 41.7 Å². The van der Waals surface area contributed by atoms with Gasteiger partial charge in [0.2, 0.25) is 0 Å². The Bertz CT molecular complexity index is 1100. The Morgan fingerprint density at radius 3 is 2.46 bits per heavy atom. The van der Waals surface area contributed by atoms with Crippen LogP contribution in [0.4, 0.5) is 5.69 Å². The Hall–Kier alpha value is -2.87. The summed E-state index contributed by atoms with van der Waals surface area (Å²) >= 11 is 6.36. The summed E-state index contributed by atoms with van der Waals surface area (Å²) in [6.45, 7) is 13.2. The van der Waals surface area contributed by atoms with Crippen LogP contribution < -0.4 is 16.8 Å². The van der Waals surface area contributed by atoms with Crippen LogP contribution in [0, 0.1) is 0 Å². The number of halogens is 1. The Balaban J connectivity index is 1.88. The second-order valence-electron chi connectivity index (χ2n) is 10.7. The van der Waals surface area contributed by atoms with E-state index in [9.17, 15) is 0 Å². The van der Waals surface area contributed by atoms with Crippen molar-refractivity contribution in [3.8, 4) is 0 Å². The number of hydrogen-bond donors (Lipinski definition) is 3. The number of morpholine rings is 1. The molecule has 5 N–H and O–H groups in total. The largest absolute Gasteiger partial charge is 0.405 e. The fourth-order valence-electron chi connectivity index (χ4n) is 4.46. The van der Waals surface area contributed by atoms with E-state index in [2.05, 4.69) is 69.1 Å². The lowest BCUT2D eigenvalue weighted by Crippen LogP contribution is -2.49. The fraction of sp³-hybridized carbons (Fsp3) is 0.448. The summed E-state index contributed by atoms with van der Waals surface area (Å²) in [6, 6.07) is 8.38. The van der Waals surface area contributed by atoms with E-state index < -0.39 is 0 Å². The molecule has 0 aromatic heterocycles. The van der Waals surface area contributed by atoms with Crippen LogP contribution in [0.1, 0.15) is 53.0 Å². The summed E-state index contributed by atoms with van der Waals surface area (Å²) in [4.78, 5) is 12.2. The molecular weight excluding hydrogens is 484 g/mol. The van der Waals surface area contributed by atoms with E-state index in [1.54, 1.807) is 18.4 Å². The molecule has 0 bridgehead atoms. The van der Waals surface area contributed by atoms with E-state index in [4.69, 9.17) is 37.8 Å². The predicted octanol–water partition coefficient (Wildman–Crippen LogP) is 5.23. The minimum Gasteiger partial charge on any atom is -0.405 e. The van der Waals surface area contributed by atoms with Crippen LogP contribution in [-0.4, -0.2) is 48.4 Å². The zero-order chi connectivity index (χ0) is 27.0. The molecule has 0 amide bonds. The van der Waals surface area contributed by atoms with Gasteiger partial charge in [-0.25, -0.2) is 9.98 Å². The molecule has 1 saturated heterocycles. The van der Waals surface area contributed by atoms with Crippen molar-refractivity contribution in [3.05, 3.63) is 76.8 Å². The van der Waals surface area contributed by atoms with Gasteiger partial charge in [0.25, 0.3) is 0 Å². The predicted molar refractivity (Wildman–Crippen MR) is 156 cm³/mol. The summed E-state index contributed by atoms with van der Waals surface area (Å²) < 4.78 is 5.90. The fourth-order valence-corrected chi connectivity index (χ4v) is 4.68. The average Bonchev–Trinajstić information content (AvgIpc) is 2.81. The molecule has 1 aromatic carbocycles. The zero-order valence-electron chi connectivity index (χ0n) is 22.7. The highest BCUT2D eigenvalue weighted by Gasteiger charge is 2.25. The monoisotopic (exact) mass is 524 g/mol. The standard InChI is InChI=1S/C29H41ClN6O/c1-20-17-36(18-21(2)37-20)19-28-34-26(14-22(16-32)13-24(30)7-6-12-31)15-27(35-28)33-25-10-8-23(9-11-25)29(3,4)5/h6-12,14,16,20-21H,13,15,17-19,31-32H2,1-5H3,(H,33,34,35)/b12-6-,22-16-,24-7+,26-14+/t20-,21+. The molecular formula is C29H41ClN6O. The summed E-state index contributed by atoms with van der Waals surface area (Å²) in [7, 11) is 0. The lowest BCUT2D eigenvalue weighted by molar-refractivity contribution is -0.0636. The molecule has 7 nitrogen and oxygen atoms in total. The highest BCUT2D eigenvalue weighted by Crippen LogP contribution is 2.26. The molecule has 37 heavy (non-hydrogen) atoms. The number of nitrogens with two attached hydrogens (primary N) is 2. The molecule has 8 heteroatoms. The molecule has 2 atom stereocenters. The highest BCUT2D eigenvalue weighted by molar-refractivity contribution is 6.29. The minimum absolute atomic E-state index is 0.0920. The number of rotatable bonds is 7. The van der Waals surface area contributed by atoms with E-state index in [1.807, 2.05) is 6.08 Å². The van der Waals surface area contributed by atoms with Crippen molar-refractivity contribution in [1.82, 2.24) is 10.2 Å². The minimum atomic E-state index is 0.0920. The Labute approximate surface area is 226 Å². The van der Waals surface area contributed by atoms with E-state index in [1.165, 1.54) is 11.8 Å². The lowest BCUT2D eigenvalue weighted by atomic mass is 9.87. The van der Waals surface area contributed by atoms with Gasteiger partial charge >= 0.3 is 0 Å². The summed E-state index contributed by atoms with van der Waals surface area (Å²) in [6.07, 6.45) is 9.94. The Kier molecular flexibility index (Phi) is 10.1. The number of allylic oxidation sites excluding steroid dienone is 5. The lowest BCUT2D eigenvalue weighted by Gasteiger charge is -2.36. The van der Waals surface area contributed by atoms with Crippen molar-refractivity contribution >= 4 is 29.0 Å². The van der Waals surface area contributed by atoms with Gasteiger partial charge in [-0.1, -0.05) is 44.5 Å². The number of nitrogens with zero attached hydrogens (tertiary/aromatic N) is 3. The molecule has 2 aliphatic heterocycles. The van der Waals surface area contributed by atoms with Crippen LogP contribution >= 0.6 is 11.6 Å². The van der Waals surface area contributed by atoms with Gasteiger partial charge in [-0.05, 0) is 73.2 Å². The Morgan fingerprint density at radius 2 is 1.86 bits per heavy atom. The highest BCUT2D eigenvalue weighted by atomic mass is 35.5. The first-order valence-electron chi connectivity index (χ1n) is 12.8. The van der Waals surface area contributed by atoms with Gasteiger partial charge in [0.05, 0.1) is 24.4 Å². The van der Waals surface area contributed by atoms with Crippen LogP contribution in [0.2, 0.25) is 0 Å². The van der Waals surface area contributed by atoms with E-state index >= 15 is 0 Å². The van der Waals surface area contributed by atoms with Crippen LogP contribution in [-0.2, 0) is 10.2 Å². The number of amidine groups is 2. The van der Waals surface area contributed by atoms with Crippen molar-refractivity contribution in [1.29, 1.82) is 0 Å². The SMILES string of the molecule is C[C@@H]1CN(CC2=NC(=Nc3ccc(C(C)(C)C)cc3)C/C(=C\C(=C/N)C/C(Cl)=C\C=C/N)N2)C[C@H](C)O1. The van der Waals surface area contributed by atoms with Crippen LogP contribution in [0.15, 0.2) is 81.2 Å². The van der Waals surface area contributed by atoms with Gasteiger partial charge < -0.3 is 21.5 Å². The van der Waals surface area contributed by atoms with Gasteiger partial charge in [0.15, 0.2) is 0 Å². The maximum absolute atomic E-state index is 6.36. The van der Waals surface area contributed by atoms with Crippen molar-refractivity contribution in [3.63, 3.8) is 0 Å². The summed E-state index contributed by atoms with van der Waals surface area (Å²) in [5, 5.41) is 4.15. The summed E-state index contributed by atoms with van der Waals surface area (Å²) in [5.41, 5.74) is 15.5. The maximum atomic E-state index is 6.36. The first kappa shape index (κ1) is 28.7. The molecule has 2 heterocycles. The number of nitrogens with one attached hydrogen (secondary N) is 1. The van der Waals surface area contributed by atoms with E-state index in [0.29, 0.717) is 24.4 Å². The molecule has 1 fully saturated rings. The molecule has 0 saturated carbocycles. The normalized spacial score (nSPS) is 24.5. The number of ether oxygens (including phenoxy) is 1. The third-order valence-corrected chi connectivity index (χ3v) is 6.37. The zero-order valence-corrected chi connectivity index (χ0v) is 23.4. The third-order valence-electron chi connectivity index (χ3n) is 6.11. The van der Waals surface area contributed by atoms with Crippen LogP contribution in [0.25, 0.3) is 0 Å². The van der Waals surface area contributed by atoms with Gasteiger partial charge in [-0.2, -0.15) is 0 Å². The molecule has 0 spiro atoms. The van der Waals surface area contributed by atoms with Crippen LogP contribution in [0.3, 0.4) is 0 Å². The molecule has 3 rings (SSSR count). The van der Waals surface area contributed by atoms with E-state index in [-0.39, 0.29) is 17.6 Å². The molecule has 0 aliphatic carbocycles. The van der Waals surface area contributed by atoms with Crippen LogP contribution in [0.5, 0.6) is 0 Å². The Morgan fingerprint density at radius 1 is 1.19 bits per heavy atom. The second kappa shape index (κ2) is 13.1. The van der Waals surface area contributed by atoms with Gasteiger partial charge in [0.1, 0.15) is 11.7 Å². The van der Waals surface area contributed by atoms with Crippen molar-refractivity contribution < 1.29 is 4.74 Å². The van der Waals surface area contributed by atoms with Gasteiger partial charge in [-0.15, -0.1) is 0 Å².